The maximum Gasteiger partial charge on any atom is 0.411 e. The number of ether oxygens (including phenoxy) is 2. The second-order valence-corrected chi connectivity index (χ2v) is 12.7. The highest BCUT2D eigenvalue weighted by Gasteiger charge is 2.40. The van der Waals surface area contributed by atoms with Crippen LogP contribution in [-0.2, 0) is 16.1 Å². The molecule has 2 N–H and O–H groups in total. The summed E-state index contributed by atoms with van der Waals surface area (Å²) in [6, 6.07) is 10.4. The Kier molecular flexibility index (Phi) is 9.47. The number of nitrogens with two attached hydrogens (primary N) is 1. The van der Waals surface area contributed by atoms with E-state index in [4.69, 9.17) is 20.2 Å². The second kappa shape index (κ2) is 13.3. The molecule has 8 nitrogen and oxygen atoms in total. The summed E-state index contributed by atoms with van der Waals surface area (Å²) >= 11 is 0. The fourth-order valence-corrected chi connectivity index (χ4v) is 6.80. The van der Waals surface area contributed by atoms with Crippen LogP contribution in [0.5, 0.6) is 5.75 Å². The van der Waals surface area contributed by atoms with Gasteiger partial charge in [-0.15, -0.1) is 0 Å². The Hall–Kier alpha value is -4.07. The molecule has 0 radical (unpaired) electrons. The van der Waals surface area contributed by atoms with E-state index >= 15 is 0 Å². The van der Waals surface area contributed by atoms with Crippen LogP contribution in [0.15, 0.2) is 65.8 Å². The molecule has 1 saturated carbocycles. The standard InChI is InChI=1S/C36H46N4O4/c1-22(2)18-23(3)19-24(4)34-25(5)40(36(42)44-34)21-31-29(13-15-33(38-31)39-16-7-17-39)30-20-28(12-14-32(30)43-6)26-8-10-27(11-9-26)35(37)41/h12-15,18-20,25-27,34H,1,7-11,16-17,21H2,2-6H3,(H2,37,41)/b23-18-,24-19+/t25-,26?,27?,34+/m0/s1. The van der Waals surface area contributed by atoms with Crippen LogP contribution in [0.4, 0.5) is 10.6 Å². The molecular formula is C36H46N4O4. The quantitative estimate of drug-likeness (QED) is 0.299. The Labute approximate surface area is 261 Å². The van der Waals surface area contributed by atoms with Crippen molar-refractivity contribution in [3.8, 4) is 16.9 Å². The zero-order chi connectivity index (χ0) is 31.5. The number of allylic oxidation sites excluding steroid dienone is 4. The van der Waals surface area contributed by atoms with Crippen molar-refractivity contribution < 1.29 is 19.1 Å². The molecule has 1 aromatic carbocycles. The minimum Gasteiger partial charge on any atom is -0.496 e. The highest BCUT2D eigenvalue weighted by atomic mass is 16.6. The molecule has 8 heteroatoms. The average Bonchev–Trinajstić information content (AvgIpc) is 3.24. The van der Waals surface area contributed by atoms with Crippen LogP contribution >= 0.6 is 0 Å². The first kappa shape index (κ1) is 31.4. The molecule has 0 spiro atoms. The molecule has 2 aromatic rings. The van der Waals surface area contributed by atoms with E-state index < -0.39 is 0 Å². The van der Waals surface area contributed by atoms with Gasteiger partial charge in [0.25, 0.3) is 0 Å². The summed E-state index contributed by atoms with van der Waals surface area (Å²) in [5.74, 6) is 1.79. The third-order valence-corrected chi connectivity index (χ3v) is 9.34. The minimum atomic E-state index is -0.355. The number of anilines is 1. The SMILES string of the molecule is C=C(C)/C=C(C)\C=C(/C)[C@H]1OC(=O)N(Cc2nc(N3CCC3)ccc2-c2cc(C3CCC(C(N)=O)CC3)ccc2OC)[C@H]1C. The Morgan fingerprint density at radius 3 is 2.43 bits per heavy atom. The number of pyridine rings is 1. The third kappa shape index (κ3) is 6.69. The molecule has 3 fully saturated rings. The number of hydrogen-bond acceptors (Lipinski definition) is 6. The van der Waals surface area contributed by atoms with Gasteiger partial charge in [0, 0.05) is 30.1 Å². The van der Waals surface area contributed by atoms with E-state index in [1.165, 1.54) is 5.56 Å². The van der Waals surface area contributed by atoms with Gasteiger partial charge in [0.15, 0.2) is 0 Å². The van der Waals surface area contributed by atoms with Crippen molar-refractivity contribution in [2.45, 2.75) is 84.4 Å². The molecule has 2 atom stereocenters. The Morgan fingerprint density at radius 2 is 1.82 bits per heavy atom. The number of carbonyl (C=O) groups is 2. The van der Waals surface area contributed by atoms with E-state index in [1.807, 2.05) is 39.8 Å². The summed E-state index contributed by atoms with van der Waals surface area (Å²) in [6.07, 6.45) is 8.00. The molecule has 44 heavy (non-hydrogen) atoms. The van der Waals surface area contributed by atoms with Gasteiger partial charge >= 0.3 is 6.09 Å². The minimum absolute atomic E-state index is 0.0376. The number of aromatic nitrogens is 1. The third-order valence-electron chi connectivity index (χ3n) is 9.34. The van der Waals surface area contributed by atoms with Gasteiger partial charge in [0.05, 0.1) is 25.4 Å². The van der Waals surface area contributed by atoms with Crippen molar-refractivity contribution in [1.29, 1.82) is 0 Å². The fourth-order valence-electron chi connectivity index (χ4n) is 6.80. The fraction of sp³-hybridized carbons (Fsp3) is 0.472. The predicted octanol–water partition coefficient (Wildman–Crippen LogP) is 6.90. The van der Waals surface area contributed by atoms with Gasteiger partial charge in [-0.25, -0.2) is 9.78 Å². The van der Waals surface area contributed by atoms with Crippen molar-refractivity contribution >= 4 is 17.8 Å². The van der Waals surface area contributed by atoms with Crippen LogP contribution in [0.3, 0.4) is 0 Å². The lowest BCUT2D eigenvalue weighted by Gasteiger charge is -2.33. The van der Waals surface area contributed by atoms with Crippen LogP contribution in [0, 0.1) is 5.92 Å². The lowest BCUT2D eigenvalue weighted by atomic mass is 9.78. The van der Waals surface area contributed by atoms with Crippen LogP contribution in [0.25, 0.3) is 11.1 Å². The summed E-state index contributed by atoms with van der Waals surface area (Å²) in [7, 11) is 1.68. The molecule has 0 bridgehead atoms. The first-order valence-corrected chi connectivity index (χ1v) is 15.8. The number of amides is 2. The van der Waals surface area contributed by atoms with Crippen LogP contribution in [0.2, 0.25) is 0 Å². The maximum atomic E-state index is 13.3. The Balaban J connectivity index is 1.47. The summed E-state index contributed by atoms with van der Waals surface area (Å²) < 4.78 is 11.8. The van der Waals surface area contributed by atoms with Gasteiger partial charge in [0.2, 0.25) is 5.91 Å². The van der Waals surface area contributed by atoms with E-state index in [-0.39, 0.29) is 30.1 Å². The predicted molar refractivity (Wildman–Crippen MR) is 175 cm³/mol. The Bertz CT molecular complexity index is 1480. The molecular weight excluding hydrogens is 552 g/mol. The number of nitrogens with zero attached hydrogens (tertiary/aromatic N) is 3. The molecule has 234 valence electrons. The zero-order valence-corrected chi connectivity index (χ0v) is 26.8. The molecule has 0 unspecified atom stereocenters. The number of cyclic esters (lactones) is 1. The van der Waals surface area contributed by atoms with Gasteiger partial charge in [-0.05, 0) is 101 Å². The van der Waals surface area contributed by atoms with Crippen LogP contribution in [-0.4, -0.2) is 54.2 Å². The first-order valence-electron chi connectivity index (χ1n) is 15.8. The molecule has 3 aliphatic rings. The molecule has 1 aliphatic carbocycles. The smallest absolute Gasteiger partial charge is 0.411 e. The molecule has 2 aliphatic heterocycles. The molecule has 2 saturated heterocycles. The average molecular weight is 599 g/mol. The number of primary amides is 1. The zero-order valence-electron chi connectivity index (χ0n) is 26.8. The normalized spacial score (nSPS) is 24.2. The summed E-state index contributed by atoms with van der Waals surface area (Å²) in [4.78, 5) is 34.2. The van der Waals surface area contributed by atoms with Crippen molar-refractivity contribution in [2.75, 3.05) is 25.1 Å². The lowest BCUT2D eigenvalue weighted by Crippen LogP contribution is -2.38. The topological polar surface area (TPSA) is 98.0 Å². The molecule has 1 aromatic heterocycles. The van der Waals surface area contributed by atoms with E-state index in [9.17, 15) is 9.59 Å². The number of benzene rings is 1. The van der Waals surface area contributed by atoms with Crippen molar-refractivity contribution in [1.82, 2.24) is 9.88 Å². The number of rotatable bonds is 10. The van der Waals surface area contributed by atoms with Gasteiger partial charge in [-0.3, -0.25) is 9.69 Å². The lowest BCUT2D eigenvalue weighted by molar-refractivity contribution is -0.122. The van der Waals surface area contributed by atoms with Gasteiger partial charge in [-0.2, -0.15) is 0 Å². The summed E-state index contributed by atoms with van der Waals surface area (Å²) in [6.45, 7) is 14.3. The molecule has 2 amide bonds. The van der Waals surface area contributed by atoms with Crippen LogP contribution in [0.1, 0.15) is 77.0 Å². The van der Waals surface area contributed by atoms with E-state index in [0.717, 1.165) is 90.3 Å². The number of methoxy groups -OCH3 is 1. The van der Waals surface area contributed by atoms with Crippen molar-refractivity contribution in [2.24, 2.45) is 11.7 Å². The monoisotopic (exact) mass is 598 g/mol. The molecule has 3 heterocycles. The van der Waals surface area contributed by atoms with Crippen molar-refractivity contribution in [3.05, 3.63) is 77.0 Å². The van der Waals surface area contributed by atoms with Gasteiger partial charge in [0.1, 0.15) is 17.7 Å². The first-order chi connectivity index (χ1) is 21.0. The van der Waals surface area contributed by atoms with E-state index in [0.29, 0.717) is 12.5 Å². The van der Waals surface area contributed by atoms with Crippen LogP contribution < -0.4 is 15.4 Å². The highest BCUT2D eigenvalue weighted by molar-refractivity contribution is 5.77. The summed E-state index contributed by atoms with van der Waals surface area (Å²) in [5, 5.41) is 0. The largest absolute Gasteiger partial charge is 0.496 e. The van der Waals surface area contributed by atoms with E-state index in [2.05, 4.69) is 41.8 Å². The second-order valence-electron chi connectivity index (χ2n) is 12.7. The van der Waals surface area contributed by atoms with Crippen molar-refractivity contribution in [3.63, 3.8) is 0 Å². The van der Waals surface area contributed by atoms with E-state index in [1.54, 1.807) is 12.0 Å². The maximum absolute atomic E-state index is 13.3. The number of hydrogen-bond donors (Lipinski definition) is 1. The highest BCUT2D eigenvalue weighted by Crippen LogP contribution is 2.41. The molecule has 5 rings (SSSR count). The number of carbonyl (C=O) groups excluding carboxylic acids is 2. The summed E-state index contributed by atoms with van der Waals surface area (Å²) in [5.41, 5.74) is 12.5. The van der Waals surface area contributed by atoms with Gasteiger partial charge in [-0.1, -0.05) is 35.9 Å². The van der Waals surface area contributed by atoms with Gasteiger partial charge < -0.3 is 20.1 Å². The Morgan fingerprint density at radius 1 is 1.09 bits per heavy atom.